The molecule has 156 valence electrons. The Morgan fingerprint density at radius 2 is 2.14 bits per heavy atom. The molecule has 3 rings (SSSR count). The number of nitro groups is 1. The van der Waals surface area contributed by atoms with Gasteiger partial charge in [-0.25, -0.2) is 9.78 Å². The van der Waals surface area contributed by atoms with E-state index in [-0.39, 0.29) is 17.7 Å². The molecule has 0 bridgehead atoms. The molecule has 9 nitrogen and oxygen atoms in total. The lowest BCUT2D eigenvalue weighted by Crippen LogP contribution is -2.44. The molecule has 0 N–H and O–H groups in total. The second kappa shape index (κ2) is 8.40. The number of nitrogens with zero attached hydrogens (tertiary/aromatic N) is 4. The van der Waals surface area contributed by atoms with Crippen LogP contribution >= 0.6 is 0 Å². The largest absolute Gasteiger partial charge is 0.444 e. The first-order valence-electron chi connectivity index (χ1n) is 9.40. The summed E-state index contributed by atoms with van der Waals surface area (Å²) in [6, 6.07) is 4.20. The van der Waals surface area contributed by atoms with Gasteiger partial charge in [0.15, 0.2) is 0 Å². The molecule has 0 saturated carbocycles. The van der Waals surface area contributed by atoms with Gasteiger partial charge in [-0.2, -0.15) is 0 Å². The summed E-state index contributed by atoms with van der Waals surface area (Å²) in [7, 11) is -1.38. The molecule has 1 aromatic heterocycles. The fraction of sp³-hybridized carbons (Fsp3) is 0.526. The minimum absolute atomic E-state index is 0.0647. The Labute approximate surface area is 171 Å². The van der Waals surface area contributed by atoms with Crippen LogP contribution in [0, 0.1) is 16.0 Å². The number of likely N-dealkylation sites (tertiary alicyclic amines) is 1. The number of amides is 1. The number of carbonyl (C=O) groups is 1. The fourth-order valence-corrected chi connectivity index (χ4v) is 4.44. The lowest BCUT2D eigenvalue weighted by Gasteiger charge is -2.33. The maximum atomic E-state index is 12.8. The van der Waals surface area contributed by atoms with E-state index in [4.69, 9.17) is 4.74 Å². The number of carbonyl (C=O) groups excluding carboxylic acids is 1. The molecule has 1 aliphatic rings. The molecule has 1 aliphatic heterocycles. The van der Waals surface area contributed by atoms with Crippen LogP contribution in [0.1, 0.15) is 33.6 Å². The van der Waals surface area contributed by atoms with Gasteiger partial charge in [0, 0.05) is 31.0 Å². The van der Waals surface area contributed by atoms with Crippen LogP contribution in [0.3, 0.4) is 0 Å². The van der Waals surface area contributed by atoms with Gasteiger partial charge in [0.05, 0.1) is 33.0 Å². The lowest BCUT2D eigenvalue weighted by atomic mass is 10.0. The summed E-state index contributed by atoms with van der Waals surface area (Å²) in [6.07, 6.45) is 2.75. The number of nitro benzene ring substituents is 1. The molecule has 1 amide bonds. The van der Waals surface area contributed by atoms with Gasteiger partial charge in [0.25, 0.3) is 5.69 Å². The van der Waals surface area contributed by atoms with Crippen molar-refractivity contribution in [2.75, 3.05) is 18.8 Å². The third-order valence-corrected chi connectivity index (χ3v) is 5.94. The van der Waals surface area contributed by atoms with Crippen molar-refractivity contribution in [3.63, 3.8) is 0 Å². The van der Waals surface area contributed by atoms with Gasteiger partial charge in [-0.1, -0.05) is 0 Å². The molecule has 0 aliphatic carbocycles. The number of piperidine rings is 1. The normalized spacial score (nSPS) is 18.4. The summed E-state index contributed by atoms with van der Waals surface area (Å²) < 4.78 is 18.2. The average Bonchev–Trinajstić information content (AvgIpc) is 2.66. The number of hydrogen-bond donors (Lipinski definition) is 0. The Morgan fingerprint density at radius 3 is 2.83 bits per heavy atom. The van der Waals surface area contributed by atoms with E-state index in [9.17, 15) is 19.1 Å². The van der Waals surface area contributed by atoms with E-state index in [0.717, 1.165) is 12.8 Å². The van der Waals surface area contributed by atoms with Crippen LogP contribution in [0.25, 0.3) is 11.0 Å². The average molecular weight is 420 g/mol. The highest BCUT2D eigenvalue weighted by Gasteiger charge is 2.29. The molecule has 1 aromatic carbocycles. The summed E-state index contributed by atoms with van der Waals surface area (Å²) >= 11 is 0. The molecule has 0 radical (unpaired) electrons. The lowest BCUT2D eigenvalue weighted by molar-refractivity contribution is -0.384. The van der Waals surface area contributed by atoms with E-state index in [0.29, 0.717) is 34.9 Å². The molecule has 1 saturated heterocycles. The molecule has 2 heterocycles. The van der Waals surface area contributed by atoms with Crippen molar-refractivity contribution in [2.24, 2.45) is 5.92 Å². The third-order valence-electron chi connectivity index (χ3n) is 4.51. The number of non-ortho nitro benzene ring substituents is 1. The third kappa shape index (κ3) is 5.47. The summed E-state index contributed by atoms with van der Waals surface area (Å²) in [5.41, 5.74) is 0.224. The van der Waals surface area contributed by atoms with Crippen molar-refractivity contribution in [3.05, 3.63) is 34.5 Å². The van der Waals surface area contributed by atoms with E-state index in [1.807, 2.05) is 20.8 Å². The zero-order valence-corrected chi connectivity index (χ0v) is 17.5. The monoisotopic (exact) mass is 420 g/mol. The van der Waals surface area contributed by atoms with Gasteiger partial charge in [-0.15, -0.1) is 0 Å². The van der Waals surface area contributed by atoms with Gasteiger partial charge in [0.2, 0.25) is 0 Å². The number of fused-ring (bicyclic) bond motifs is 1. The Bertz CT molecular complexity index is 959. The highest BCUT2D eigenvalue weighted by molar-refractivity contribution is 7.84. The highest BCUT2D eigenvalue weighted by Crippen LogP contribution is 2.23. The fourth-order valence-electron chi connectivity index (χ4n) is 3.20. The van der Waals surface area contributed by atoms with Crippen LogP contribution in [0.15, 0.2) is 29.4 Å². The van der Waals surface area contributed by atoms with Gasteiger partial charge >= 0.3 is 6.09 Å². The maximum Gasteiger partial charge on any atom is 0.410 e. The Balaban J connectivity index is 1.67. The number of aromatic nitrogens is 2. The predicted molar refractivity (Wildman–Crippen MR) is 108 cm³/mol. The van der Waals surface area contributed by atoms with Crippen molar-refractivity contribution in [1.29, 1.82) is 0 Å². The quantitative estimate of drug-likeness (QED) is 0.550. The van der Waals surface area contributed by atoms with Gasteiger partial charge in [-0.05, 0) is 45.6 Å². The smallest absolute Gasteiger partial charge is 0.410 e. The number of hydrogen-bond acceptors (Lipinski definition) is 7. The SMILES string of the molecule is CC(C)(C)OC(=O)N1CCC[C@H](C[S@@](=O)c2cnc3cc([N+](=O)[O-])ccc3n2)C1. The van der Waals surface area contributed by atoms with Crippen molar-refractivity contribution >= 4 is 33.6 Å². The zero-order chi connectivity index (χ0) is 21.2. The van der Waals surface area contributed by atoms with Crippen LogP contribution in [0.4, 0.5) is 10.5 Å². The van der Waals surface area contributed by atoms with E-state index in [1.54, 1.807) is 4.90 Å². The molecular formula is C19H24N4O5S. The van der Waals surface area contributed by atoms with Crippen LogP contribution in [-0.2, 0) is 15.5 Å². The first kappa shape index (κ1) is 21.1. The summed E-state index contributed by atoms with van der Waals surface area (Å²) in [6.45, 7) is 6.61. The van der Waals surface area contributed by atoms with Gasteiger partial charge in [-0.3, -0.25) is 19.3 Å². The Morgan fingerprint density at radius 1 is 1.38 bits per heavy atom. The maximum absolute atomic E-state index is 12.8. The Kier molecular flexibility index (Phi) is 6.11. The number of rotatable bonds is 4. The zero-order valence-electron chi connectivity index (χ0n) is 16.7. The first-order valence-corrected chi connectivity index (χ1v) is 10.7. The first-order chi connectivity index (χ1) is 13.6. The van der Waals surface area contributed by atoms with E-state index in [2.05, 4.69) is 9.97 Å². The standard InChI is InChI=1S/C19H24N4O5S/c1-19(2,3)28-18(24)22-8-4-5-13(11-22)12-29(27)17-10-20-16-9-14(23(25)26)6-7-15(16)21-17/h6-7,9-10,13H,4-5,8,11-12H2,1-3H3/t13-,29+/m0/s1. The van der Waals surface area contributed by atoms with Crippen LogP contribution in [0.5, 0.6) is 0 Å². The molecule has 0 unspecified atom stereocenters. The molecular weight excluding hydrogens is 396 g/mol. The van der Waals surface area contributed by atoms with Crippen molar-refractivity contribution in [2.45, 2.75) is 44.2 Å². The van der Waals surface area contributed by atoms with Crippen molar-refractivity contribution in [3.8, 4) is 0 Å². The highest BCUT2D eigenvalue weighted by atomic mass is 32.2. The molecule has 29 heavy (non-hydrogen) atoms. The Hall–Kier alpha value is -2.62. The molecule has 0 spiro atoms. The van der Waals surface area contributed by atoms with Crippen LogP contribution < -0.4 is 0 Å². The molecule has 2 aromatic rings. The molecule has 2 atom stereocenters. The second-order valence-corrected chi connectivity index (χ2v) is 9.53. The minimum Gasteiger partial charge on any atom is -0.444 e. The van der Waals surface area contributed by atoms with E-state index in [1.165, 1.54) is 24.4 Å². The number of benzene rings is 1. The number of ether oxygens (including phenoxy) is 1. The van der Waals surface area contributed by atoms with E-state index >= 15 is 0 Å². The summed E-state index contributed by atoms with van der Waals surface area (Å²) in [4.78, 5) is 32.9. The van der Waals surface area contributed by atoms with Gasteiger partial charge in [0.1, 0.15) is 10.6 Å². The van der Waals surface area contributed by atoms with Crippen molar-refractivity contribution < 1.29 is 18.7 Å². The predicted octanol–water partition coefficient (Wildman–Crippen LogP) is 3.29. The van der Waals surface area contributed by atoms with Crippen molar-refractivity contribution in [1.82, 2.24) is 14.9 Å². The summed E-state index contributed by atoms with van der Waals surface area (Å²) in [5.74, 6) is 0.443. The second-order valence-electron chi connectivity index (χ2n) is 8.09. The van der Waals surface area contributed by atoms with Crippen LogP contribution in [-0.4, -0.2) is 54.5 Å². The summed E-state index contributed by atoms with van der Waals surface area (Å²) in [5, 5.41) is 11.2. The topological polar surface area (TPSA) is 116 Å². The molecule has 1 fully saturated rings. The minimum atomic E-state index is -1.38. The molecule has 10 heteroatoms. The van der Waals surface area contributed by atoms with Crippen LogP contribution in [0.2, 0.25) is 0 Å². The van der Waals surface area contributed by atoms with Gasteiger partial charge < -0.3 is 9.64 Å². The van der Waals surface area contributed by atoms with E-state index < -0.39 is 21.3 Å².